The first-order valence-corrected chi connectivity index (χ1v) is 10.0. The molecule has 1 aliphatic carbocycles. The summed E-state index contributed by atoms with van der Waals surface area (Å²) in [6.07, 6.45) is 5.07. The second kappa shape index (κ2) is 6.77. The van der Waals surface area contributed by atoms with Crippen molar-refractivity contribution in [1.29, 1.82) is 0 Å². The highest BCUT2D eigenvalue weighted by Crippen LogP contribution is 2.41. The van der Waals surface area contributed by atoms with E-state index in [4.69, 9.17) is 0 Å². The van der Waals surface area contributed by atoms with E-state index in [2.05, 4.69) is 5.10 Å². The third-order valence-corrected chi connectivity index (χ3v) is 6.43. The standard InChI is InChI=1S/C20H28N4O3/c1-14-10-17(25)24(21-15(14)2)12-18(26)23-9-7-20(13-23)6-3-8-22(19(20)27)11-16-4-5-16/h10,16H,3-9,11-13H2,1-2H3. The van der Waals surface area contributed by atoms with E-state index in [0.717, 1.165) is 43.6 Å². The SMILES string of the molecule is Cc1cc(=O)n(CC(=O)N2CCC3(CCCN(CC4CC4)C3=O)C2)nc1C. The third-order valence-electron chi connectivity index (χ3n) is 6.43. The van der Waals surface area contributed by atoms with Crippen LogP contribution in [0.5, 0.6) is 0 Å². The van der Waals surface area contributed by atoms with Gasteiger partial charge in [-0.2, -0.15) is 5.10 Å². The molecule has 2 aliphatic heterocycles. The number of aromatic nitrogens is 2. The zero-order chi connectivity index (χ0) is 19.2. The van der Waals surface area contributed by atoms with Gasteiger partial charge in [-0.25, -0.2) is 4.68 Å². The van der Waals surface area contributed by atoms with Crippen molar-refractivity contribution in [3.8, 4) is 0 Å². The second-order valence-electron chi connectivity index (χ2n) is 8.55. The lowest BCUT2D eigenvalue weighted by Crippen LogP contribution is -2.51. The van der Waals surface area contributed by atoms with E-state index in [-0.39, 0.29) is 23.9 Å². The Hall–Kier alpha value is -2.18. The van der Waals surface area contributed by atoms with E-state index < -0.39 is 5.41 Å². The predicted octanol–water partition coefficient (Wildman–Crippen LogP) is 1.11. The van der Waals surface area contributed by atoms with Crippen LogP contribution in [0.4, 0.5) is 0 Å². The van der Waals surface area contributed by atoms with E-state index in [1.807, 2.05) is 18.7 Å². The Morgan fingerprint density at radius 3 is 2.74 bits per heavy atom. The highest BCUT2D eigenvalue weighted by Gasteiger charge is 2.49. The van der Waals surface area contributed by atoms with Crippen LogP contribution in [0.25, 0.3) is 0 Å². The Bertz CT molecular complexity index is 829. The summed E-state index contributed by atoms with van der Waals surface area (Å²) in [5, 5.41) is 4.24. The molecular weight excluding hydrogens is 344 g/mol. The summed E-state index contributed by atoms with van der Waals surface area (Å²) in [5.74, 6) is 0.792. The van der Waals surface area contributed by atoms with Crippen molar-refractivity contribution in [1.82, 2.24) is 19.6 Å². The van der Waals surface area contributed by atoms with Gasteiger partial charge in [0.05, 0.1) is 11.1 Å². The number of aryl methyl sites for hydroxylation is 2. The minimum absolute atomic E-state index is 0.0595. The molecule has 2 saturated heterocycles. The number of amides is 2. The van der Waals surface area contributed by atoms with Crippen molar-refractivity contribution >= 4 is 11.8 Å². The Morgan fingerprint density at radius 1 is 1.22 bits per heavy atom. The van der Waals surface area contributed by atoms with Gasteiger partial charge in [-0.3, -0.25) is 14.4 Å². The molecule has 4 rings (SSSR count). The van der Waals surface area contributed by atoms with Crippen LogP contribution in [-0.2, 0) is 16.1 Å². The van der Waals surface area contributed by atoms with Gasteiger partial charge in [-0.15, -0.1) is 0 Å². The quantitative estimate of drug-likeness (QED) is 0.793. The maximum absolute atomic E-state index is 13.1. The van der Waals surface area contributed by atoms with E-state index in [9.17, 15) is 14.4 Å². The fourth-order valence-corrected chi connectivity index (χ4v) is 4.42. The molecule has 3 fully saturated rings. The van der Waals surface area contributed by atoms with Crippen molar-refractivity contribution < 1.29 is 9.59 Å². The molecule has 1 aromatic heterocycles. The van der Waals surface area contributed by atoms with Crippen molar-refractivity contribution in [2.75, 3.05) is 26.2 Å². The minimum Gasteiger partial charge on any atom is -0.342 e. The molecular formula is C20H28N4O3. The van der Waals surface area contributed by atoms with Crippen LogP contribution in [0, 0.1) is 25.2 Å². The Labute approximate surface area is 159 Å². The van der Waals surface area contributed by atoms with Crippen LogP contribution in [0.3, 0.4) is 0 Å². The Balaban J connectivity index is 1.44. The van der Waals surface area contributed by atoms with Gasteiger partial charge >= 0.3 is 0 Å². The highest BCUT2D eigenvalue weighted by molar-refractivity contribution is 5.86. The molecule has 3 heterocycles. The molecule has 1 saturated carbocycles. The summed E-state index contributed by atoms with van der Waals surface area (Å²) < 4.78 is 1.23. The number of rotatable bonds is 4. The number of hydrogen-bond donors (Lipinski definition) is 0. The molecule has 3 aliphatic rings. The minimum atomic E-state index is -0.412. The van der Waals surface area contributed by atoms with Crippen molar-refractivity contribution in [3.05, 3.63) is 27.7 Å². The maximum Gasteiger partial charge on any atom is 0.267 e. The molecule has 1 aromatic rings. The van der Waals surface area contributed by atoms with E-state index in [0.29, 0.717) is 19.0 Å². The lowest BCUT2D eigenvalue weighted by molar-refractivity contribution is -0.146. The molecule has 7 heteroatoms. The second-order valence-corrected chi connectivity index (χ2v) is 8.55. The van der Waals surface area contributed by atoms with Crippen LogP contribution in [0.1, 0.15) is 43.4 Å². The number of likely N-dealkylation sites (tertiary alicyclic amines) is 2. The molecule has 27 heavy (non-hydrogen) atoms. The number of carbonyl (C=O) groups is 2. The van der Waals surface area contributed by atoms with Crippen LogP contribution >= 0.6 is 0 Å². The van der Waals surface area contributed by atoms with Crippen LogP contribution in [0.15, 0.2) is 10.9 Å². The lowest BCUT2D eigenvalue weighted by Gasteiger charge is -2.39. The molecule has 0 radical (unpaired) electrons. The molecule has 7 nitrogen and oxygen atoms in total. The van der Waals surface area contributed by atoms with Crippen LogP contribution in [0.2, 0.25) is 0 Å². The van der Waals surface area contributed by atoms with Gasteiger partial charge in [0.1, 0.15) is 6.54 Å². The first-order chi connectivity index (χ1) is 12.9. The lowest BCUT2D eigenvalue weighted by atomic mass is 9.78. The van der Waals surface area contributed by atoms with Crippen molar-refractivity contribution in [3.63, 3.8) is 0 Å². The Morgan fingerprint density at radius 2 is 2.00 bits per heavy atom. The largest absolute Gasteiger partial charge is 0.342 e. The average molecular weight is 372 g/mol. The molecule has 146 valence electrons. The zero-order valence-corrected chi connectivity index (χ0v) is 16.2. The van der Waals surface area contributed by atoms with Gasteiger partial charge in [0.2, 0.25) is 11.8 Å². The first-order valence-electron chi connectivity index (χ1n) is 10.0. The molecule has 2 amide bonds. The summed E-state index contributed by atoms with van der Waals surface area (Å²) in [6.45, 7) is 6.41. The summed E-state index contributed by atoms with van der Waals surface area (Å²) >= 11 is 0. The molecule has 0 aromatic carbocycles. The van der Waals surface area contributed by atoms with Gasteiger partial charge in [-0.1, -0.05) is 0 Å². The zero-order valence-electron chi connectivity index (χ0n) is 16.2. The number of piperidine rings is 1. The molecule has 0 N–H and O–H groups in total. The van der Waals surface area contributed by atoms with Gasteiger partial charge in [0.15, 0.2) is 0 Å². The first kappa shape index (κ1) is 18.2. The topological polar surface area (TPSA) is 75.5 Å². The molecule has 1 unspecified atom stereocenters. The molecule has 0 bridgehead atoms. The van der Waals surface area contributed by atoms with Crippen LogP contribution in [-0.4, -0.2) is 57.6 Å². The summed E-state index contributed by atoms with van der Waals surface area (Å²) in [7, 11) is 0. The van der Waals surface area contributed by atoms with Crippen molar-refractivity contribution in [2.24, 2.45) is 11.3 Å². The molecule has 1 atom stereocenters. The number of carbonyl (C=O) groups excluding carboxylic acids is 2. The van der Waals surface area contributed by atoms with E-state index >= 15 is 0 Å². The monoisotopic (exact) mass is 372 g/mol. The summed E-state index contributed by atoms with van der Waals surface area (Å²) in [4.78, 5) is 41.8. The fraction of sp³-hybridized carbons (Fsp3) is 0.700. The third kappa shape index (κ3) is 3.51. The van der Waals surface area contributed by atoms with Gasteiger partial charge in [-0.05, 0) is 57.4 Å². The van der Waals surface area contributed by atoms with Gasteiger partial charge < -0.3 is 9.80 Å². The fourth-order valence-electron chi connectivity index (χ4n) is 4.42. The van der Waals surface area contributed by atoms with Gasteiger partial charge in [0.25, 0.3) is 5.56 Å². The summed E-state index contributed by atoms with van der Waals surface area (Å²) in [6, 6.07) is 1.52. The van der Waals surface area contributed by atoms with Crippen LogP contribution < -0.4 is 5.56 Å². The highest BCUT2D eigenvalue weighted by atomic mass is 16.2. The molecule has 1 spiro atoms. The number of nitrogens with zero attached hydrogens (tertiary/aromatic N) is 4. The smallest absolute Gasteiger partial charge is 0.267 e. The van der Waals surface area contributed by atoms with E-state index in [1.54, 1.807) is 4.90 Å². The predicted molar refractivity (Wildman–Crippen MR) is 100 cm³/mol. The maximum atomic E-state index is 13.1. The average Bonchev–Trinajstić information content (AvgIpc) is 3.34. The number of hydrogen-bond acceptors (Lipinski definition) is 4. The normalized spacial score (nSPS) is 25.5. The van der Waals surface area contributed by atoms with Crippen molar-refractivity contribution in [2.45, 2.75) is 52.5 Å². The van der Waals surface area contributed by atoms with E-state index in [1.165, 1.54) is 23.6 Å². The van der Waals surface area contributed by atoms with Gasteiger partial charge in [0, 0.05) is 32.2 Å². The summed E-state index contributed by atoms with van der Waals surface area (Å²) in [5.41, 5.74) is 0.903. The Kier molecular flexibility index (Phi) is 4.56.